The number of rotatable bonds is 4. The van der Waals surface area contributed by atoms with Gasteiger partial charge in [0, 0.05) is 42.8 Å². The number of nitrogens with zero attached hydrogens (tertiary/aromatic N) is 1. The predicted octanol–water partition coefficient (Wildman–Crippen LogP) is 2.04. The number of aryl methyl sites for hydroxylation is 1. The van der Waals surface area contributed by atoms with Gasteiger partial charge in [-0.15, -0.1) is 0 Å². The SMILES string of the molecule is O=C(NCCN1CCOCC1)C1CCCc2c1[nH]c1ccccc21. The van der Waals surface area contributed by atoms with Gasteiger partial charge in [0.1, 0.15) is 0 Å². The summed E-state index contributed by atoms with van der Waals surface area (Å²) in [6, 6.07) is 8.37. The van der Waals surface area contributed by atoms with Crippen LogP contribution in [0.4, 0.5) is 0 Å². The summed E-state index contributed by atoms with van der Waals surface area (Å²) in [5.41, 5.74) is 3.62. The number of amides is 1. The van der Waals surface area contributed by atoms with E-state index < -0.39 is 0 Å². The number of ether oxygens (including phenoxy) is 1. The third kappa shape index (κ3) is 3.06. The van der Waals surface area contributed by atoms with Crippen LogP contribution in [0.1, 0.15) is 30.0 Å². The summed E-state index contributed by atoms with van der Waals surface area (Å²) in [7, 11) is 0. The number of carbonyl (C=O) groups is 1. The zero-order valence-electron chi connectivity index (χ0n) is 14.0. The molecule has 1 aliphatic carbocycles. The summed E-state index contributed by atoms with van der Waals surface area (Å²) in [6.45, 7) is 5.15. The Morgan fingerprint density at radius 3 is 3.00 bits per heavy atom. The Hall–Kier alpha value is -1.85. The molecule has 0 bridgehead atoms. The maximum absolute atomic E-state index is 12.7. The first-order valence-electron chi connectivity index (χ1n) is 9.00. The molecule has 2 aliphatic rings. The van der Waals surface area contributed by atoms with E-state index in [1.807, 2.05) is 6.07 Å². The van der Waals surface area contributed by atoms with Crippen LogP contribution in [0.3, 0.4) is 0 Å². The first-order chi connectivity index (χ1) is 11.8. The van der Waals surface area contributed by atoms with Crippen LogP contribution in [0.2, 0.25) is 0 Å². The number of aromatic amines is 1. The number of hydrogen-bond donors (Lipinski definition) is 2. The van der Waals surface area contributed by atoms with Gasteiger partial charge in [0.05, 0.1) is 19.1 Å². The van der Waals surface area contributed by atoms with E-state index in [2.05, 4.69) is 33.4 Å². The lowest BCUT2D eigenvalue weighted by Gasteiger charge is -2.27. The third-order valence-corrected chi connectivity index (χ3v) is 5.26. The summed E-state index contributed by atoms with van der Waals surface area (Å²) in [5, 5.41) is 4.42. The zero-order chi connectivity index (χ0) is 16.4. The minimum atomic E-state index is -0.0363. The topological polar surface area (TPSA) is 57.4 Å². The molecule has 128 valence electrons. The second-order valence-corrected chi connectivity index (χ2v) is 6.75. The number of nitrogens with one attached hydrogen (secondary N) is 2. The Morgan fingerprint density at radius 2 is 2.12 bits per heavy atom. The molecule has 0 spiro atoms. The number of morpholine rings is 1. The Labute approximate surface area is 142 Å². The Balaban J connectivity index is 1.42. The number of fused-ring (bicyclic) bond motifs is 3. The van der Waals surface area contributed by atoms with Gasteiger partial charge in [-0.05, 0) is 30.9 Å². The van der Waals surface area contributed by atoms with Gasteiger partial charge in [-0.1, -0.05) is 18.2 Å². The predicted molar refractivity (Wildman–Crippen MR) is 94.2 cm³/mol. The lowest BCUT2D eigenvalue weighted by Crippen LogP contribution is -2.42. The van der Waals surface area contributed by atoms with Crippen molar-refractivity contribution >= 4 is 16.8 Å². The molecule has 0 saturated carbocycles. The fourth-order valence-electron chi connectivity index (χ4n) is 3.96. The van der Waals surface area contributed by atoms with Crippen molar-refractivity contribution in [2.75, 3.05) is 39.4 Å². The quantitative estimate of drug-likeness (QED) is 0.903. The summed E-state index contributed by atoms with van der Waals surface area (Å²) in [6.07, 6.45) is 3.08. The highest BCUT2D eigenvalue weighted by Crippen LogP contribution is 2.36. The molecule has 1 atom stereocenters. The van der Waals surface area contributed by atoms with Gasteiger partial charge in [0.25, 0.3) is 0 Å². The largest absolute Gasteiger partial charge is 0.379 e. The summed E-state index contributed by atoms with van der Waals surface area (Å²) >= 11 is 0. The van der Waals surface area contributed by atoms with E-state index in [4.69, 9.17) is 4.74 Å². The summed E-state index contributed by atoms with van der Waals surface area (Å²) in [5.74, 6) is 0.126. The molecule has 1 aromatic heterocycles. The van der Waals surface area contributed by atoms with E-state index in [0.717, 1.165) is 63.3 Å². The van der Waals surface area contributed by atoms with Gasteiger partial charge >= 0.3 is 0 Å². The van der Waals surface area contributed by atoms with Crippen LogP contribution in [-0.4, -0.2) is 55.2 Å². The second-order valence-electron chi connectivity index (χ2n) is 6.75. The van der Waals surface area contributed by atoms with Crippen molar-refractivity contribution in [3.63, 3.8) is 0 Å². The highest BCUT2D eigenvalue weighted by Gasteiger charge is 2.29. The number of para-hydroxylation sites is 1. The zero-order valence-corrected chi connectivity index (χ0v) is 14.0. The van der Waals surface area contributed by atoms with Gasteiger partial charge in [-0.3, -0.25) is 9.69 Å². The summed E-state index contributed by atoms with van der Waals surface area (Å²) in [4.78, 5) is 18.6. The van der Waals surface area contributed by atoms with E-state index in [9.17, 15) is 4.79 Å². The Morgan fingerprint density at radius 1 is 1.29 bits per heavy atom. The van der Waals surface area contributed by atoms with Crippen molar-refractivity contribution in [3.8, 4) is 0 Å². The van der Waals surface area contributed by atoms with Crippen molar-refractivity contribution in [1.82, 2.24) is 15.2 Å². The number of hydrogen-bond acceptors (Lipinski definition) is 3. The molecular weight excluding hydrogens is 302 g/mol. The van der Waals surface area contributed by atoms with Crippen molar-refractivity contribution < 1.29 is 9.53 Å². The monoisotopic (exact) mass is 327 g/mol. The van der Waals surface area contributed by atoms with Crippen LogP contribution < -0.4 is 5.32 Å². The van der Waals surface area contributed by atoms with Gasteiger partial charge < -0.3 is 15.0 Å². The Kier molecular flexibility index (Phi) is 4.54. The van der Waals surface area contributed by atoms with Crippen molar-refractivity contribution in [3.05, 3.63) is 35.5 Å². The molecule has 2 aromatic rings. The van der Waals surface area contributed by atoms with E-state index in [1.165, 1.54) is 10.9 Å². The van der Waals surface area contributed by atoms with Crippen molar-refractivity contribution in [2.24, 2.45) is 0 Å². The van der Waals surface area contributed by atoms with Crippen molar-refractivity contribution in [1.29, 1.82) is 0 Å². The average molecular weight is 327 g/mol. The molecule has 5 heteroatoms. The molecule has 1 amide bonds. The Bertz CT molecular complexity index is 718. The molecule has 2 heterocycles. The molecule has 2 N–H and O–H groups in total. The first kappa shape index (κ1) is 15.7. The maximum atomic E-state index is 12.7. The minimum Gasteiger partial charge on any atom is -0.379 e. The van der Waals surface area contributed by atoms with E-state index >= 15 is 0 Å². The first-order valence-corrected chi connectivity index (χ1v) is 9.00. The molecule has 1 saturated heterocycles. The smallest absolute Gasteiger partial charge is 0.229 e. The van der Waals surface area contributed by atoms with Crippen LogP contribution in [0.5, 0.6) is 0 Å². The normalized spacial score (nSPS) is 21.6. The number of aromatic nitrogens is 1. The number of H-pyrrole nitrogens is 1. The molecule has 24 heavy (non-hydrogen) atoms. The van der Waals surface area contributed by atoms with Crippen LogP contribution in [0.15, 0.2) is 24.3 Å². The maximum Gasteiger partial charge on any atom is 0.229 e. The second kappa shape index (κ2) is 6.95. The highest BCUT2D eigenvalue weighted by atomic mass is 16.5. The van der Waals surface area contributed by atoms with Crippen LogP contribution in [0.25, 0.3) is 10.9 Å². The molecule has 1 aliphatic heterocycles. The molecule has 1 unspecified atom stereocenters. The van der Waals surface area contributed by atoms with Crippen LogP contribution in [-0.2, 0) is 16.0 Å². The number of carbonyl (C=O) groups excluding carboxylic acids is 1. The van der Waals surface area contributed by atoms with E-state index in [1.54, 1.807) is 0 Å². The fraction of sp³-hybridized carbons (Fsp3) is 0.526. The lowest BCUT2D eigenvalue weighted by molar-refractivity contribution is -0.123. The standard InChI is InChI=1S/C19H25N3O2/c23-19(20-8-9-22-10-12-24-13-11-22)16-6-3-5-15-14-4-1-2-7-17(14)21-18(15)16/h1-2,4,7,16,21H,3,5-6,8-13H2,(H,20,23). The van der Waals surface area contributed by atoms with Crippen molar-refractivity contribution in [2.45, 2.75) is 25.2 Å². The average Bonchev–Trinajstić information content (AvgIpc) is 3.01. The molecule has 1 aromatic carbocycles. The van der Waals surface area contributed by atoms with Crippen LogP contribution >= 0.6 is 0 Å². The van der Waals surface area contributed by atoms with Gasteiger partial charge in [0.15, 0.2) is 0 Å². The van der Waals surface area contributed by atoms with Crippen LogP contribution in [0, 0.1) is 0 Å². The molecule has 0 radical (unpaired) electrons. The minimum absolute atomic E-state index is 0.0363. The number of benzene rings is 1. The highest BCUT2D eigenvalue weighted by molar-refractivity contribution is 5.90. The van der Waals surface area contributed by atoms with E-state index in [-0.39, 0.29) is 11.8 Å². The third-order valence-electron chi connectivity index (χ3n) is 5.26. The molecule has 4 rings (SSSR count). The van der Waals surface area contributed by atoms with Gasteiger partial charge in [0.2, 0.25) is 5.91 Å². The molecule has 5 nitrogen and oxygen atoms in total. The molecule has 1 fully saturated rings. The van der Waals surface area contributed by atoms with Gasteiger partial charge in [-0.25, -0.2) is 0 Å². The fourth-order valence-corrected chi connectivity index (χ4v) is 3.96. The molecular formula is C19H25N3O2. The van der Waals surface area contributed by atoms with E-state index in [0.29, 0.717) is 6.54 Å². The van der Waals surface area contributed by atoms with Gasteiger partial charge in [-0.2, -0.15) is 0 Å². The summed E-state index contributed by atoms with van der Waals surface area (Å²) < 4.78 is 5.36. The lowest BCUT2D eigenvalue weighted by atomic mass is 9.86.